The predicted octanol–water partition coefficient (Wildman–Crippen LogP) is 3.19. The fourth-order valence-corrected chi connectivity index (χ4v) is 4.10. The molecule has 0 bridgehead atoms. The molecule has 0 saturated heterocycles. The molecule has 8 nitrogen and oxygen atoms in total. The largest absolute Gasteiger partial charge is 0.497 e. The molecule has 3 rings (SSSR count). The van der Waals surface area contributed by atoms with Crippen molar-refractivity contribution < 1.29 is 23.9 Å². The minimum atomic E-state index is -0.468. The number of carbonyl (C=O) groups is 3. The highest BCUT2D eigenvalue weighted by Crippen LogP contribution is 2.36. The maximum Gasteiger partial charge on any atom is 0.337 e. The molecule has 0 fully saturated rings. The van der Waals surface area contributed by atoms with Gasteiger partial charge in [-0.3, -0.25) is 9.59 Å². The molecule has 0 saturated carbocycles. The standard InChI is InChI=1S/C23H21N3O5S/c1-30-17-5-3-4-16(10-17)25-21(28)13-32-22-19(12-24)18(11-20(27)26-22)14-6-8-15(9-7-14)23(29)31-2/h3-10,18H,11,13H2,1-2H3,(H,25,28)(H,26,27)/t18-/m0/s1. The quantitative estimate of drug-likeness (QED) is 0.621. The zero-order chi connectivity index (χ0) is 23.1. The van der Waals surface area contributed by atoms with Crippen LogP contribution in [0.1, 0.15) is 28.3 Å². The lowest BCUT2D eigenvalue weighted by atomic mass is 9.87. The van der Waals surface area contributed by atoms with Gasteiger partial charge >= 0.3 is 5.97 Å². The first-order chi connectivity index (χ1) is 15.4. The van der Waals surface area contributed by atoms with Crippen molar-refractivity contribution in [3.05, 3.63) is 70.3 Å². The summed E-state index contributed by atoms with van der Waals surface area (Å²) in [4.78, 5) is 36.3. The van der Waals surface area contributed by atoms with E-state index in [2.05, 4.69) is 16.7 Å². The first kappa shape index (κ1) is 22.9. The molecule has 2 N–H and O–H groups in total. The van der Waals surface area contributed by atoms with E-state index in [9.17, 15) is 19.6 Å². The van der Waals surface area contributed by atoms with Crippen molar-refractivity contribution in [2.24, 2.45) is 0 Å². The number of thioether (sulfide) groups is 1. The van der Waals surface area contributed by atoms with Gasteiger partial charge < -0.3 is 20.1 Å². The number of anilines is 1. The van der Waals surface area contributed by atoms with Gasteiger partial charge in [0.1, 0.15) is 5.75 Å². The topological polar surface area (TPSA) is 118 Å². The molecular weight excluding hydrogens is 430 g/mol. The lowest BCUT2D eigenvalue weighted by Crippen LogP contribution is -2.31. The molecular formula is C23H21N3O5S. The first-order valence-corrected chi connectivity index (χ1v) is 10.6. The summed E-state index contributed by atoms with van der Waals surface area (Å²) in [5, 5.41) is 15.6. The number of ether oxygens (including phenoxy) is 2. The SMILES string of the molecule is COC(=O)c1ccc([C@@H]2CC(=O)NC(SCC(=O)Nc3cccc(OC)c3)=C2C#N)cc1. The van der Waals surface area contributed by atoms with Crippen LogP contribution < -0.4 is 15.4 Å². The average molecular weight is 452 g/mol. The number of amides is 2. The average Bonchev–Trinajstić information content (AvgIpc) is 2.82. The normalized spacial score (nSPS) is 15.4. The second-order valence-electron chi connectivity index (χ2n) is 6.84. The second-order valence-corrected chi connectivity index (χ2v) is 7.83. The second kappa shape index (κ2) is 10.5. The van der Waals surface area contributed by atoms with E-state index >= 15 is 0 Å². The number of hydrogen-bond donors (Lipinski definition) is 2. The van der Waals surface area contributed by atoms with Crippen LogP contribution in [-0.4, -0.2) is 37.8 Å². The van der Waals surface area contributed by atoms with Crippen LogP contribution in [-0.2, 0) is 14.3 Å². The van der Waals surface area contributed by atoms with Crippen molar-refractivity contribution in [2.45, 2.75) is 12.3 Å². The summed E-state index contributed by atoms with van der Waals surface area (Å²) in [5.74, 6) is -0.845. The van der Waals surface area contributed by atoms with Gasteiger partial charge in [0, 0.05) is 24.1 Å². The minimum Gasteiger partial charge on any atom is -0.497 e. The minimum absolute atomic E-state index is 0.00595. The maximum absolute atomic E-state index is 12.4. The Hall–Kier alpha value is -3.77. The molecule has 164 valence electrons. The number of allylic oxidation sites excluding steroid dienone is 1. The van der Waals surface area contributed by atoms with Gasteiger partial charge in [-0.2, -0.15) is 5.26 Å². The molecule has 9 heteroatoms. The molecule has 1 aliphatic rings. The van der Waals surface area contributed by atoms with Crippen LogP contribution in [0.15, 0.2) is 59.1 Å². The van der Waals surface area contributed by atoms with Gasteiger partial charge in [-0.15, -0.1) is 0 Å². The van der Waals surface area contributed by atoms with Gasteiger partial charge in [0.2, 0.25) is 11.8 Å². The molecule has 0 radical (unpaired) electrons. The fourth-order valence-electron chi connectivity index (χ4n) is 3.22. The molecule has 0 unspecified atom stereocenters. The van der Waals surface area contributed by atoms with Crippen LogP contribution in [0.25, 0.3) is 0 Å². The third-order valence-corrected chi connectivity index (χ3v) is 5.81. The molecule has 2 aromatic carbocycles. The van der Waals surface area contributed by atoms with Crippen LogP contribution >= 0.6 is 11.8 Å². The molecule has 0 aromatic heterocycles. The first-order valence-electron chi connectivity index (χ1n) is 9.64. The van der Waals surface area contributed by atoms with Crippen LogP contribution in [0.4, 0.5) is 5.69 Å². The third kappa shape index (κ3) is 5.47. The number of hydrogen-bond acceptors (Lipinski definition) is 7. The Morgan fingerprint density at radius 3 is 2.62 bits per heavy atom. The maximum atomic E-state index is 12.4. The fraction of sp³-hybridized carbons (Fsp3) is 0.217. The van der Waals surface area contributed by atoms with E-state index < -0.39 is 11.9 Å². The molecule has 1 heterocycles. The monoisotopic (exact) mass is 451 g/mol. The van der Waals surface area contributed by atoms with Crippen molar-refractivity contribution in [1.82, 2.24) is 5.32 Å². The number of rotatable bonds is 7. The van der Waals surface area contributed by atoms with E-state index in [4.69, 9.17) is 9.47 Å². The summed E-state index contributed by atoms with van der Waals surface area (Å²) in [5.41, 5.74) is 2.06. The van der Waals surface area contributed by atoms with Gasteiger partial charge in [0.15, 0.2) is 0 Å². The van der Waals surface area contributed by atoms with E-state index in [1.807, 2.05) is 0 Å². The Morgan fingerprint density at radius 1 is 1.22 bits per heavy atom. The number of benzene rings is 2. The predicted molar refractivity (Wildman–Crippen MR) is 120 cm³/mol. The number of nitriles is 1. The van der Waals surface area contributed by atoms with E-state index in [1.165, 1.54) is 14.2 Å². The molecule has 0 aliphatic carbocycles. The summed E-state index contributed by atoms with van der Waals surface area (Å²) in [7, 11) is 2.84. The van der Waals surface area contributed by atoms with Crippen molar-refractivity contribution in [3.8, 4) is 11.8 Å². The summed E-state index contributed by atoms with van der Waals surface area (Å²) < 4.78 is 9.83. The summed E-state index contributed by atoms with van der Waals surface area (Å²) in [6, 6.07) is 15.7. The van der Waals surface area contributed by atoms with Gasteiger partial charge in [0.05, 0.1) is 42.2 Å². The van der Waals surface area contributed by atoms with Crippen molar-refractivity contribution in [1.29, 1.82) is 5.26 Å². The molecule has 32 heavy (non-hydrogen) atoms. The van der Waals surface area contributed by atoms with Crippen molar-refractivity contribution in [2.75, 3.05) is 25.3 Å². The zero-order valence-corrected chi connectivity index (χ0v) is 18.3. The van der Waals surface area contributed by atoms with Gasteiger partial charge in [0.25, 0.3) is 0 Å². The van der Waals surface area contributed by atoms with E-state index in [0.717, 1.165) is 17.3 Å². The van der Waals surface area contributed by atoms with Gasteiger partial charge in [-0.1, -0.05) is 30.0 Å². The Morgan fingerprint density at radius 2 is 1.97 bits per heavy atom. The Kier molecular flexibility index (Phi) is 7.52. The number of carbonyl (C=O) groups excluding carboxylic acids is 3. The van der Waals surface area contributed by atoms with Crippen LogP contribution in [0.2, 0.25) is 0 Å². The molecule has 2 amide bonds. The van der Waals surface area contributed by atoms with Crippen LogP contribution in [0.3, 0.4) is 0 Å². The number of methoxy groups -OCH3 is 2. The van der Waals surface area contributed by atoms with E-state index in [-0.39, 0.29) is 24.0 Å². The summed E-state index contributed by atoms with van der Waals surface area (Å²) in [6.07, 6.45) is 0.0977. The van der Waals surface area contributed by atoms with Crippen molar-refractivity contribution in [3.63, 3.8) is 0 Å². The lowest BCUT2D eigenvalue weighted by molar-refractivity contribution is -0.121. The summed E-state index contributed by atoms with van der Waals surface area (Å²) in [6.45, 7) is 0. The number of nitrogens with one attached hydrogen (secondary N) is 2. The highest BCUT2D eigenvalue weighted by Gasteiger charge is 2.30. The van der Waals surface area contributed by atoms with Gasteiger partial charge in [-0.05, 0) is 29.8 Å². The molecule has 1 aliphatic heterocycles. The molecule has 1 atom stereocenters. The highest BCUT2D eigenvalue weighted by molar-refractivity contribution is 8.03. The molecule has 0 spiro atoms. The number of esters is 1. The highest BCUT2D eigenvalue weighted by atomic mass is 32.2. The Labute approximate surface area is 189 Å². The number of nitrogens with zero attached hydrogens (tertiary/aromatic N) is 1. The smallest absolute Gasteiger partial charge is 0.337 e. The van der Waals surface area contributed by atoms with E-state index in [1.54, 1.807) is 48.5 Å². The Bertz CT molecular complexity index is 1110. The van der Waals surface area contributed by atoms with Crippen LogP contribution in [0.5, 0.6) is 5.75 Å². The lowest BCUT2D eigenvalue weighted by Gasteiger charge is -2.25. The Balaban J connectivity index is 1.74. The molecule has 2 aromatic rings. The summed E-state index contributed by atoms with van der Waals surface area (Å²) >= 11 is 1.09. The van der Waals surface area contributed by atoms with E-state index in [0.29, 0.717) is 27.6 Å². The van der Waals surface area contributed by atoms with Crippen molar-refractivity contribution >= 4 is 35.2 Å². The third-order valence-electron chi connectivity index (χ3n) is 4.79. The van der Waals surface area contributed by atoms with Crippen LogP contribution in [0, 0.1) is 11.3 Å². The van der Waals surface area contributed by atoms with Gasteiger partial charge in [-0.25, -0.2) is 4.79 Å². The zero-order valence-electron chi connectivity index (χ0n) is 17.5.